The van der Waals surface area contributed by atoms with Crippen molar-refractivity contribution in [2.75, 3.05) is 0 Å². The molecule has 1 nitrogen and oxygen atoms in total. The first-order valence-electron chi connectivity index (χ1n) is 6.02. The second kappa shape index (κ2) is 9.70. The molecule has 0 aromatic carbocycles. The Balaban J connectivity index is 3.76. The van der Waals surface area contributed by atoms with Gasteiger partial charge in [0.1, 0.15) is 5.78 Å². The van der Waals surface area contributed by atoms with E-state index in [2.05, 4.69) is 13.0 Å². The molecule has 0 saturated heterocycles. The second-order valence-corrected chi connectivity index (χ2v) is 3.94. The topological polar surface area (TPSA) is 17.1 Å². The third kappa shape index (κ3) is 8.17. The van der Waals surface area contributed by atoms with Crippen LogP contribution in [0, 0.1) is 5.92 Å². The highest BCUT2D eigenvalue weighted by molar-refractivity contribution is 5.81. The smallest absolute Gasteiger partial charge is 0.140 e. The van der Waals surface area contributed by atoms with E-state index >= 15 is 0 Å². The van der Waals surface area contributed by atoms with Crippen LogP contribution in [-0.4, -0.2) is 5.78 Å². The minimum atomic E-state index is -0.0128. The van der Waals surface area contributed by atoms with Gasteiger partial charge < -0.3 is 0 Å². The Morgan fingerprint density at radius 3 is 2.47 bits per heavy atom. The van der Waals surface area contributed by atoms with E-state index in [-0.39, 0.29) is 11.7 Å². The number of allylic oxidation sites excluding steroid dienone is 4. The number of Topliss-reactive ketones (excluding diaryl/α,β-unsaturated/α-hetero) is 1. The van der Waals surface area contributed by atoms with Crippen LogP contribution in [0.1, 0.15) is 52.9 Å². The van der Waals surface area contributed by atoms with Crippen LogP contribution in [0.3, 0.4) is 0 Å². The molecule has 0 aromatic heterocycles. The van der Waals surface area contributed by atoms with Crippen molar-refractivity contribution in [2.24, 2.45) is 5.92 Å². The summed E-state index contributed by atoms with van der Waals surface area (Å²) >= 11 is 0. The normalized spacial score (nSPS) is 13.8. The molecule has 1 atom stereocenters. The summed E-state index contributed by atoms with van der Waals surface area (Å²) in [6, 6.07) is 0. The van der Waals surface area contributed by atoms with Crippen molar-refractivity contribution in [3.63, 3.8) is 0 Å². The predicted molar refractivity (Wildman–Crippen MR) is 66.9 cm³/mol. The zero-order valence-corrected chi connectivity index (χ0v) is 10.3. The van der Waals surface area contributed by atoms with Gasteiger partial charge in [-0.2, -0.15) is 0 Å². The SMILES string of the molecule is C/C=C/C(/C=C/CCCCCC)C(C)=O. The number of hydrogen-bond donors (Lipinski definition) is 0. The van der Waals surface area contributed by atoms with Gasteiger partial charge in [-0.1, -0.05) is 50.5 Å². The monoisotopic (exact) mass is 208 g/mol. The molecule has 0 radical (unpaired) electrons. The van der Waals surface area contributed by atoms with Crippen molar-refractivity contribution in [2.45, 2.75) is 52.9 Å². The van der Waals surface area contributed by atoms with E-state index in [1.165, 1.54) is 25.7 Å². The van der Waals surface area contributed by atoms with Crippen LogP contribution >= 0.6 is 0 Å². The third-order valence-electron chi connectivity index (χ3n) is 2.44. The average Bonchev–Trinajstić information content (AvgIpc) is 2.21. The molecule has 0 spiro atoms. The van der Waals surface area contributed by atoms with Crippen LogP contribution in [0.25, 0.3) is 0 Å². The highest BCUT2D eigenvalue weighted by Crippen LogP contribution is 2.07. The van der Waals surface area contributed by atoms with Gasteiger partial charge in [-0.25, -0.2) is 0 Å². The fourth-order valence-electron chi connectivity index (χ4n) is 1.47. The van der Waals surface area contributed by atoms with Crippen LogP contribution in [0.5, 0.6) is 0 Å². The van der Waals surface area contributed by atoms with Crippen LogP contribution < -0.4 is 0 Å². The second-order valence-electron chi connectivity index (χ2n) is 3.94. The molecular formula is C14H24O. The molecule has 0 aromatic rings. The molecular weight excluding hydrogens is 184 g/mol. The molecule has 0 heterocycles. The van der Waals surface area contributed by atoms with Crippen LogP contribution in [0.15, 0.2) is 24.3 Å². The van der Waals surface area contributed by atoms with Gasteiger partial charge in [0.25, 0.3) is 0 Å². The van der Waals surface area contributed by atoms with E-state index in [0.717, 1.165) is 6.42 Å². The molecule has 0 aliphatic carbocycles. The zero-order valence-electron chi connectivity index (χ0n) is 10.3. The quantitative estimate of drug-likeness (QED) is 0.429. The standard InChI is InChI=1S/C14H24O/c1-4-6-7-8-9-10-12-14(11-5-2)13(3)15/h5,10-12,14H,4,6-9H2,1-3H3/b11-5+,12-10+. The minimum absolute atomic E-state index is 0.0128. The van der Waals surface area contributed by atoms with Crippen molar-refractivity contribution >= 4 is 5.78 Å². The van der Waals surface area contributed by atoms with Gasteiger partial charge in [0, 0.05) is 0 Å². The van der Waals surface area contributed by atoms with Crippen molar-refractivity contribution < 1.29 is 4.79 Å². The lowest BCUT2D eigenvalue weighted by Crippen LogP contribution is -2.03. The lowest BCUT2D eigenvalue weighted by Gasteiger charge is -2.01. The van der Waals surface area contributed by atoms with E-state index < -0.39 is 0 Å². The van der Waals surface area contributed by atoms with Crippen molar-refractivity contribution in [1.29, 1.82) is 0 Å². The Morgan fingerprint density at radius 2 is 1.93 bits per heavy atom. The molecule has 0 rings (SSSR count). The number of ketones is 1. The fourth-order valence-corrected chi connectivity index (χ4v) is 1.47. The largest absolute Gasteiger partial charge is 0.299 e. The van der Waals surface area contributed by atoms with Gasteiger partial charge in [0.15, 0.2) is 0 Å². The summed E-state index contributed by atoms with van der Waals surface area (Å²) in [7, 11) is 0. The van der Waals surface area contributed by atoms with Crippen LogP contribution in [-0.2, 0) is 4.79 Å². The minimum Gasteiger partial charge on any atom is -0.299 e. The molecule has 1 heteroatoms. The van der Waals surface area contributed by atoms with E-state index in [0.29, 0.717) is 0 Å². The molecule has 0 bridgehead atoms. The van der Waals surface area contributed by atoms with E-state index in [9.17, 15) is 4.79 Å². The molecule has 0 saturated carbocycles. The number of hydrogen-bond acceptors (Lipinski definition) is 1. The summed E-state index contributed by atoms with van der Waals surface area (Å²) in [6.45, 7) is 5.81. The first-order chi connectivity index (χ1) is 7.22. The van der Waals surface area contributed by atoms with Gasteiger partial charge in [0.05, 0.1) is 5.92 Å². The summed E-state index contributed by atoms with van der Waals surface area (Å²) < 4.78 is 0. The summed E-state index contributed by atoms with van der Waals surface area (Å²) in [5.74, 6) is 0.207. The van der Waals surface area contributed by atoms with Crippen molar-refractivity contribution in [1.82, 2.24) is 0 Å². The molecule has 0 aliphatic rings. The van der Waals surface area contributed by atoms with E-state index in [1.807, 2.05) is 25.2 Å². The number of carbonyl (C=O) groups excluding carboxylic acids is 1. The lowest BCUT2D eigenvalue weighted by molar-refractivity contribution is -0.118. The molecule has 15 heavy (non-hydrogen) atoms. The Bertz CT molecular complexity index is 213. The summed E-state index contributed by atoms with van der Waals surface area (Å²) in [5.41, 5.74) is 0. The molecule has 86 valence electrons. The first-order valence-corrected chi connectivity index (χ1v) is 6.02. The first kappa shape index (κ1) is 14.2. The lowest BCUT2D eigenvalue weighted by atomic mass is 10.0. The van der Waals surface area contributed by atoms with Crippen molar-refractivity contribution in [3.05, 3.63) is 24.3 Å². The third-order valence-corrected chi connectivity index (χ3v) is 2.44. The van der Waals surface area contributed by atoms with Gasteiger partial charge in [-0.3, -0.25) is 4.79 Å². The van der Waals surface area contributed by atoms with Gasteiger partial charge >= 0.3 is 0 Å². The van der Waals surface area contributed by atoms with Crippen LogP contribution in [0.4, 0.5) is 0 Å². The van der Waals surface area contributed by atoms with Gasteiger partial charge in [-0.05, 0) is 26.7 Å². The Morgan fingerprint density at radius 1 is 1.20 bits per heavy atom. The summed E-state index contributed by atoms with van der Waals surface area (Å²) in [6.07, 6.45) is 14.3. The number of rotatable bonds is 8. The Hall–Kier alpha value is -0.850. The van der Waals surface area contributed by atoms with Crippen molar-refractivity contribution in [3.8, 4) is 0 Å². The van der Waals surface area contributed by atoms with Gasteiger partial charge in [-0.15, -0.1) is 0 Å². The number of unbranched alkanes of at least 4 members (excludes halogenated alkanes) is 4. The number of carbonyl (C=O) groups is 1. The maximum absolute atomic E-state index is 11.2. The van der Waals surface area contributed by atoms with E-state index in [1.54, 1.807) is 6.92 Å². The van der Waals surface area contributed by atoms with E-state index in [4.69, 9.17) is 0 Å². The maximum atomic E-state index is 11.2. The maximum Gasteiger partial charge on any atom is 0.140 e. The Labute approximate surface area is 94.3 Å². The highest BCUT2D eigenvalue weighted by Gasteiger charge is 2.04. The molecule has 0 aliphatic heterocycles. The average molecular weight is 208 g/mol. The molecule has 1 unspecified atom stereocenters. The fraction of sp³-hybridized carbons (Fsp3) is 0.643. The summed E-state index contributed by atoms with van der Waals surface area (Å²) in [5, 5.41) is 0. The predicted octanol–water partition coefficient (Wildman–Crippen LogP) is 4.29. The highest BCUT2D eigenvalue weighted by atomic mass is 16.1. The molecule has 0 N–H and O–H groups in total. The summed E-state index contributed by atoms with van der Waals surface area (Å²) in [4.78, 5) is 11.2. The van der Waals surface area contributed by atoms with Gasteiger partial charge in [0.2, 0.25) is 0 Å². The zero-order chi connectivity index (χ0) is 11.5. The molecule has 0 amide bonds. The Kier molecular flexibility index (Phi) is 9.15. The van der Waals surface area contributed by atoms with Crippen LogP contribution in [0.2, 0.25) is 0 Å². The molecule has 0 fully saturated rings.